The van der Waals surface area contributed by atoms with Gasteiger partial charge in [0.2, 0.25) is 5.91 Å². The highest BCUT2D eigenvalue weighted by Crippen LogP contribution is 2.23. The van der Waals surface area contributed by atoms with Gasteiger partial charge in [0.25, 0.3) is 5.91 Å². The molecule has 1 aromatic carbocycles. The predicted octanol–water partition coefficient (Wildman–Crippen LogP) is 2.64. The Bertz CT molecular complexity index is 860. The number of likely N-dealkylation sites (N-methyl/N-ethyl adjacent to an activating group) is 1. The van der Waals surface area contributed by atoms with Crippen molar-refractivity contribution in [1.29, 1.82) is 0 Å². The maximum Gasteiger partial charge on any atom is 0.254 e. The van der Waals surface area contributed by atoms with Crippen LogP contribution in [0, 0.1) is 6.92 Å². The van der Waals surface area contributed by atoms with E-state index in [1.165, 1.54) is 6.42 Å². The Balaban J connectivity index is 1.73. The van der Waals surface area contributed by atoms with Gasteiger partial charge in [-0.3, -0.25) is 14.3 Å². The number of nitrogens with one attached hydrogen (secondary N) is 2. The third-order valence-electron chi connectivity index (χ3n) is 5.40. The van der Waals surface area contributed by atoms with Gasteiger partial charge < -0.3 is 15.5 Å². The maximum absolute atomic E-state index is 12.9. The van der Waals surface area contributed by atoms with E-state index in [4.69, 9.17) is 0 Å². The molecule has 1 aliphatic rings. The van der Waals surface area contributed by atoms with Crippen LogP contribution >= 0.6 is 0 Å². The van der Waals surface area contributed by atoms with Gasteiger partial charge >= 0.3 is 0 Å². The number of piperidine rings is 1. The summed E-state index contributed by atoms with van der Waals surface area (Å²) in [5.74, 6) is -0.0982. The van der Waals surface area contributed by atoms with Gasteiger partial charge in [-0.15, -0.1) is 0 Å². The number of aromatic nitrogens is 2. The van der Waals surface area contributed by atoms with Gasteiger partial charge in [-0.2, -0.15) is 5.10 Å². The van der Waals surface area contributed by atoms with E-state index in [1.807, 2.05) is 37.2 Å². The lowest BCUT2D eigenvalue weighted by molar-refractivity contribution is -0.118. The molecule has 0 radical (unpaired) electrons. The van der Waals surface area contributed by atoms with Crippen molar-refractivity contribution in [3.05, 3.63) is 47.3 Å². The van der Waals surface area contributed by atoms with Gasteiger partial charge in [-0.05, 0) is 63.9 Å². The number of anilines is 1. The van der Waals surface area contributed by atoms with Crippen LogP contribution in [0.3, 0.4) is 0 Å². The average Bonchev–Trinajstić information content (AvgIpc) is 3.09. The summed E-state index contributed by atoms with van der Waals surface area (Å²) in [6.45, 7) is 4.83. The number of aryl methyl sites for hydroxylation is 2. The van der Waals surface area contributed by atoms with Crippen molar-refractivity contribution in [2.75, 3.05) is 18.9 Å². The molecule has 7 nitrogen and oxygen atoms in total. The molecule has 2 N–H and O–H groups in total. The molecular formula is C21H29N5O2. The first kappa shape index (κ1) is 20.1. The van der Waals surface area contributed by atoms with Crippen LogP contribution in [0.15, 0.2) is 30.6 Å². The Kier molecular flexibility index (Phi) is 6.14. The quantitative estimate of drug-likeness (QED) is 0.832. The third kappa shape index (κ3) is 4.25. The van der Waals surface area contributed by atoms with Crippen LogP contribution in [-0.4, -0.2) is 46.1 Å². The number of hydrogen-bond acceptors (Lipinski definition) is 4. The minimum absolute atomic E-state index is 0.0663. The minimum Gasteiger partial charge on any atom is -0.336 e. The van der Waals surface area contributed by atoms with Crippen molar-refractivity contribution in [1.82, 2.24) is 20.0 Å². The van der Waals surface area contributed by atoms with Gasteiger partial charge in [0, 0.05) is 42.6 Å². The van der Waals surface area contributed by atoms with E-state index in [0.717, 1.165) is 30.5 Å². The van der Waals surface area contributed by atoms with Gasteiger partial charge in [0.15, 0.2) is 0 Å². The fraction of sp³-hybridized carbons (Fsp3) is 0.476. The zero-order valence-corrected chi connectivity index (χ0v) is 17.0. The van der Waals surface area contributed by atoms with Crippen molar-refractivity contribution in [2.45, 2.75) is 45.2 Å². The summed E-state index contributed by atoms with van der Waals surface area (Å²) in [7, 11) is 3.56. The monoisotopic (exact) mass is 383 g/mol. The molecule has 28 heavy (non-hydrogen) atoms. The molecule has 1 fully saturated rings. The fourth-order valence-corrected chi connectivity index (χ4v) is 3.75. The molecule has 0 saturated carbocycles. The maximum atomic E-state index is 12.9. The molecule has 3 rings (SSSR count). The Morgan fingerprint density at radius 1 is 1.29 bits per heavy atom. The first-order valence-corrected chi connectivity index (χ1v) is 9.79. The standard InChI is InChI=1S/C21H29N5O2/c1-14-11-16(21(28)26-10-6-5-7-15(26)2)8-9-18(14)24-20(27)19(22-3)17-12-23-25(4)13-17/h8-9,11-13,15,19,22H,5-7,10H2,1-4H3,(H,24,27). The topological polar surface area (TPSA) is 79.3 Å². The molecule has 2 unspecified atom stereocenters. The number of rotatable bonds is 5. The van der Waals surface area contributed by atoms with Crippen LogP contribution in [0.5, 0.6) is 0 Å². The van der Waals surface area contributed by atoms with E-state index in [1.54, 1.807) is 24.0 Å². The van der Waals surface area contributed by atoms with E-state index < -0.39 is 6.04 Å². The summed E-state index contributed by atoms with van der Waals surface area (Å²) in [6, 6.07) is 5.24. The highest BCUT2D eigenvalue weighted by atomic mass is 16.2. The summed E-state index contributed by atoms with van der Waals surface area (Å²) in [4.78, 5) is 27.5. The van der Waals surface area contributed by atoms with Crippen LogP contribution in [0.2, 0.25) is 0 Å². The van der Waals surface area contributed by atoms with E-state index in [2.05, 4.69) is 22.7 Å². The lowest BCUT2D eigenvalue weighted by Gasteiger charge is -2.33. The third-order valence-corrected chi connectivity index (χ3v) is 5.40. The normalized spacial score (nSPS) is 18.0. The lowest BCUT2D eigenvalue weighted by Crippen LogP contribution is -2.42. The Labute approximate surface area is 166 Å². The van der Waals surface area contributed by atoms with Crippen molar-refractivity contribution in [3.8, 4) is 0 Å². The SMILES string of the molecule is CNC(C(=O)Nc1ccc(C(=O)N2CCCCC2C)cc1C)c1cnn(C)c1. The minimum atomic E-state index is -0.497. The molecule has 1 aromatic heterocycles. The van der Waals surface area contributed by atoms with E-state index >= 15 is 0 Å². The number of likely N-dealkylation sites (tertiary alicyclic amines) is 1. The van der Waals surface area contributed by atoms with Crippen LogP contribution in [0.4, 0.5) is 5.69 Å². The highest BCUT2D eigenvalue weighted by molar-refractivity contribution is 5.98. The van der Waals surface area contributed by atoms with Gasteiger partial charge in [-0.1, -0.05) is 0 Å². The first-order valence-electron chi connectivity index (χ1n) is 9.79. The van der Waals surface area contributed by atoms with Crippen molar-refractivity contribution >= 4 is 17.5 Å². The largest absolute Gasteiger partial charge is 0.336 e. The second-order valence-electron chi connectivity index (χ2n) is 7.53. The Hall–Kier alpha value is -2.67. The first-order chi connectivity index (χ1) is 13.4. The summed E-state index contributed by atoms with van der Waals surface area (Å²) < 4.78 is 1.67. The van der Waals surface area contributed by atoms with Crippen molar-refractivity contribution in [3.63, 3.8) is 0 Å². The molecule has 7 heteroatoms. The van der Waals surface area contributed by atoms with Crippen LogP contribution in [-0.2, 0) is 11.8 Å². The fourth-order valence-electron chi connectivity index (χ4n) is 3.75. The molecule has 150 valence electrons. The smallest absolute Gasteiger partial charge is 0.254 e. The second kappa shape index (κ2) is 8.56. The molecule has 0 spiro atoms. The zero-order valence-electron chi connectivity index (χ0n) is 17.0. The summed E-state index contributed by atoms with van der Waals surface area (Å²) in [5.41, 5.74) is 3.04. The number of carbonyl (C=O) groups excluding carboxylic acids is 2. The van der Waals surface area contributed by atoms with Gasteiger partial charge in [0.05, 0.1) is 6.20 Å². The second-order valence-corrected chi connectivity index (χ2v) is 7.53. The predicted molar refractivity (Wildman–Crippen MR) is 109 cm³/mol. The van der Waals surface area contributed by atoms with E-state index in [-0.39, 0.29) is 17.9 Å². The molecule has 2 aromatic rings. The summed E-state index contributed by atoms with van der Waals surface area (Å²) in [5, 5.41) is 10.1. The lowest BCUT2D eigenvalue weighted by atomic mass is 10.0. The van der Waals surface area contributed by atoms with Crippen molar-refractivity contribution < 1.29 is 9.59 Å². The van der Waals surface area contributed by atoms with Crippen LogP contribution in [0.1, 0.15) is 53.7 Å². The number of amides is 2. The molecule has 2 heterocycles. The van der Waals surface area contributed by atoms with Gasteiger partial charge in [-0.25, -0.2) is 0 Å². The molecular weight excluding hydrogens is 354 g/mol. The summed E-state index contributed by atoms with van der Waals surface area (Å²) in [6.07, 6.45) is 6.78. The molecule has 0 aliphatic carbocycles. The average molecular weight is 383 g/mol. The summed E-state index contributed by atoms with van der Waals surface area (Å²) >= 11 is 0. The molecule has 0 bridgehead atoms. The molecule has 1 aliphatic heterocycles. The molecule has 1 saturated heterocycles. The van der Waals surface area contributed by atoms with E-state index in [9.17, 15) is 9.59 Å². The Morgan fingerprint density at radius 2 is 2.07 bits per heavy atom. The van der Waals surface area contributed by atoms with Crippen molar-refractivity contribution in [2.24, 2.45) is 7.05 Å². The highest BCUT2D eigenvalue weighted by Gasteiger charge is 2.25. The van der Waals surface area contributed by atoms with Crippen LogP contribution in [0.25, 0.3) is 0 Å². The zero-order chi connectivity index (χ0) is 20.3. The number of nitrogens with zero attached hydrogens (tertiary/aromatic N) is 3. The van der Waals surface area contributed by atoms with Gasteiger partial charge in [0.1, 0.15) is 6.04 Å². The molecule has 2 amide bonds. The Morgan fingerprint density at radius 3 is 2.68 bits per heavy atom. The van der Waals surface area contributed by atoms with Crippen LogP contribution < -0.4 is 10.6 Å². The molecule has 2 atom stereocenters. The number of benzene rings is 1. The number of carbonyl (C=O) groups is 2. The van der Waals surface area contributed by atoms with E-state index in [0.29, 0.717) is 11.3 Å². The number of hydrogen-bond donors (Lipinski definition) is 2.